The Kier molecular flexibility index (Phi) is 4.20. The fourth-order valence-corrected chi connectivity index (χ4v) is 7.87. The number of alkyl halides is 1. The number of carbonyl (C=O) groups is 2. The maximum absolute atomic E-state index is 12.5. The molecule has 0 heterocycles. The Morgan fingerprint density at radius 1 is 1.00 bits per heavy atom. The first kappa shape index (κ1) is 17.1. The van der Waals surface area contributed by atoms with Crippen LogP contribution in [0.5, 0.6) is 0 Å². The van der Waals surface area contributed by atoms with Gasteiger partial charge in [-0.25, -0.2) is 0 Å². The normalized spacial score (nSPS) is 45.0. The van der Waals surface area contributed by atoms with Crippen LogP contribution in [0.2, 0.25) is 0 Å². The van der Waals surface area contributed by atoms with E-state index < -0.39 is 0 Å². The maximum atomic E-state index is 12.5. The topological polar surface area (TPSA) is 34.1 Å². The molecule has 0 aromatic heterocycles. The van der Waals surface area contributed by atoms with Crippen molar-refractivity contribution in [2.24, 2.45) is 28.6 Å². The molecule has 0 amide bonds. The van der Waals surface area contributed by atoms with E-state index in [9.17, 15) is 9.59 Å². The quantitative estimate of drug-likeness (QED) is 0.618. The molecule has 5 atom stereocenters. The van der Waals surface area contributed by atoms with E-state index in [1.54, 1.807) is 11.8 Å². The van der Waals surface area contributed by atoms with E-state index in [-0.39, 0.29) is 10.8 Å². The van der Waals surface area contributed by atoms with Crippen molar-refractivity contribution in [2.45, 2.75) is 65.2 Å². The SMILES string of the molecule is C[C@]12CCC(=O)C(SCCl)=C1CCC1C2CC[C@]2(C)C(=O)CCC12. The lowest BCUT2D eigenvalue weighted by Gasteiger charge is -2.57. The molecule has 132 valence electrons. The van der Waals surface area contributed by atoms with E-state index in [1.165, 1.54) is 5.57 Å². The van der Waals surface area contributed by atoms with Crippen molar-refractivity contribution in [1.82, 2.24) is 0 Å². The minimum absolute atomic E-state index is 0.0586. The highest BCUT2D eigenvalue weighted by Crippen LogP contribution is 2.65. The Labute approximate surface area is 154 Å². The molecule has 3 unspecified atom stereocenters. The first-order valence-corrected chi connectivity index (χ1v) is 10.9. The van der Waals surface area contributed by atoms with E-state index >= 15 is 0 Å². The van der Waals surface area contributed by atoms with Gasteiger partial charge in [0, 0.05) is 18.3 Å². The second kappa shape index (κ2) is 5.87. The Morgan fingerprint density at radius 2 is 1.75 bits per heavy atom. The van der Waals surface area contributed by atoms with E-state index in [2.05, 4.69) is 13.8 Å². The molecule has 0 aromatic rings. The van der Waals surface area contributed by atoms with Crippen LogP contribution in [0.25, 0.3) is 0 Å². The molecular formula is C20H27ClO2S. The summed E-state index contributed by atoms with van der Waals surface area (Å²) in [6, 6.07) is 0. The van der Waals surface area contributed by atoms with E-state index in [0.717, 1.165) is 49.9 Å². The van der Waals surface area contributed by atoms with Crippen LogP contribution in [0.4, 0.5) is 0 Å². The number of thioether (sulfide) groups is 1. The third-order valence-corrected chi connectivity index (χ3v) is 9.18. The highest BCUT2D eigenvalue weighted by molar-refractivity contribution is 8.05. The standard InChI is InChI=1S/C20H27ClO2S/c1-19-10-8-16(22)18(24-11-21)15(19)4-3-12-13-5-6-17(23)20(13,2)9-7-14(12)19/h12-14H,3-11H2,1-2H3/t12?,13?,14?,19-,20+/m1/s1. The highest BCUT2D eigenvalue weighted by Gasteiger charge is 2.59. The van der Waals surface area contributed by atoms with Crippen LogP contribution in [0.15, 0.2) is 10.5 Å². The van der Waals surface area contributed by atoms with Crippen LogP contribution in [0.1, 0.15) is 65.2 Å². The van der Waals surface area contributed by atoms with E-state index in [0.29, 0.717) is 41.0 Å². The van der Waals surface area contributed by atoms with Crippen molar-refractivity contribution in [3.05, 3.63) is 10.5 Å². The Hall–Kier alpha value is -0.280. The second-order valence-electron chi connectivity index (χ2n) is 8.74. The maximum Gasteiger partial charge on any atom is 0.169 e. The first-order valence-electron chi connectivity index (χ1n) is 9.40. The molecule has 0 aliphatic heterocycles. The van der Waals surface area contributed by atoms with Gasteiger partial charge >= 0.3 is 0 Å². The van der Waals surface area contributed by atoms with Crippen LogP contribution in [0, 0.1) is 28.6 Å². The van der Waals surface area contributed by atoms with Crippen LogP contribution < -0.4 is 0 Å². The van der Waals surface area contributed by atoms with Gasteiger partial charge in [-0.1, -0.05) is 13.8 Å². The van der Waals surface area contributed by atoms with Gasteiger partial charge in [0.05, 0.1) is 10.1 Å². The Bertz CT molecular complexity index is 627. The number of hydrogen-bond donors (Lipinski definition) is 0. The monoisotopic (exact) mass is 366 g/mol. The molecule has 24 heavy (non-hydrogen) atoms. The van der Waals surface area contributed by atoms with Crippen molar-refractivity contribution in [1.29, 1.82) is 0 Å². The first-order chi connectivity index (χ1) is 11.4. The zero-order valence-electron chi connectivity index (χ0n) is 14.7. The number of hydrogen-bond acceptors (Lipinski definition) is 3. The number of allylic oxidation sites excluding steroid dienone is 1. The number of Topliss-reactive ketones (excluding diaryl/α,β-unsaturated/α-hetero) is 2. The summed E-state index contributed by atoms with van der Waals surface area (Å²) in [5, 5.41) is 0.462. The van der Waals surface area contributed by atoms with Crippen molar-refractivity contribution < 1.29 is 9.59 Å². The molecule has 0 radical (unpaired) electrons. The number of ketones is 2. The summed E-state index contributed by atoms with van der Waals surface area (Å²) in [6.45, 7) is 4.63. The second-order valence-corrected chi connectivity index (χ2v) is 10.3. The van der Waals surface area contributed by atoms with Gasteiger partial charge < -0.3 is 0 Å². The van der Waals surface area contributed by atoms with Crippen LogP contribution >= 0.6 is 23.4 Å². The molecule has 0 aromatic carbocycles. The fraction of sp³-hybridized carbons (Fsp3) is 0.800. The minimum Gasteiger partial charge on any atom is -0.299 e. The van der Waals surface area contributed by atoms with Gasteiger partial charge in [-0.2, -0.15) is 0 Å². The van der Waals surface area contributed by atoms with Crippen molar-refractivity contribution >= 4 is 34.9 Å². The summed E-state index contributed by atoms with van der Waals surface area (Å²) in [7, 11) is 0. The summed E-state index contributed by atoms with van der Waals surface area (Å²) in [5.41, 5.74) is 1.49. The molecule has 4 heteroatoms. The van der Waals surface area contributed by atoms with Crippen molar-refractivity contribution in [3.8, 4) is 0 Å². The van der Waals surface area contributed by atoms with E-state index in [1.807, 2.05) is 0 Å². The molecule has 3 fully saturated rings. The van der Waals surface area contributed by atoms with Gasteiger partial charge in [0.2, 0.25) is 0 Å². The van der Waals surface area contributed by atoms with Gasteiger partial charge in [-0.3, -0.25) is 9.59 Å². The van der Waals surface area contributed by atoms with Crippen LogP contribution in [0.3, 0.4) is 0 Å². The van der Waals surface area contributed by atoms with E-state index in [4.69, 9.17) is 11.6 Å². The zero-order chi connectivity index (χ0) is 17.1. The van der Waals surface area contributed by atoms with Crippen LogP contribution in [-0.4, -0.2) is 16.8 Å². The third kappa shape index (κ3) is 2.23. The third-order valence-electron chi connectivity index (χ3n) is 7.98. The molecule has 0 N–H and O–H groups in total. The smallest absolute Gasteiger partial charge is 0.169 e. The van der Waals surface area contributed by atoms with Crippen molar-refractivity contribution in [2.75, 3.05) is 5.21 Å². The molecule has 0 spiro atoms. The Balaban J connectivity index is 1.72. The lowest BCUT2D eigenvalue weighted by molar-refractivity contribution is -0.132. The summed E-state index contributed by atoms with van der Waals surface area (Å²) < 4.78 is 0. The number of halogens is 1. The molecule has 3 saturated carbocycles. The minimum atomic E-state index is -0.0586. The number of carbonyl (C=O) groups excluding carboxylic acids is 2. The van der Waals surface area contributed by atoms with Gasteiger partial charge in [0.15, 0.2) is 5.78 Å². The highest BCUT2D eigenvalue weighted by atomic mass is 35.5. The summed E-state index contributed by atoms with van der Waals surface area (Å²) in [6.07, 6.45) is 7.92. The average molecular weight is 367 g/mol. The van der Waals surface area contributed by atoms with Crippen molar-refractivity contribution in [3.63, 3.8) is 0 Å². The van der Waals surface area contributed by atoms with Gasteiger partial charge in [-0.15, -0.1) is 23.4 Å². The molecule has 4 aliphatic carbocycles. The van der Waals surface area contributed by atoms with Gasteiger partial charge in [-0.05, 0) is 67.3 Å². The molecule has 4 rings (SSSR count). The Morgan fingerprint density at radius 3 is 2.50 bits per heavy atom. The molecule has 2 nitrogen and oxygen atoms in total. The summed E-state index contributed by atoms with van der Waals surface area (Å²) in [4.78, 5) is 25.9. The predicted octanol–water partition coefficient (Wildman–Crippen LogP) is 5.34. The lowest BCUT2D eigenvalue weighted by Crippen LogP contribution is -2.51. The molecule has 0 bridgehead atoms. The molecular weight excluding hydrogens is 340 g/mol. The number of rotatable bonds is 2. The number of fused-ring (bicyclic) bond motifs is 5. The largest absolute Gasteiger partial charge is 0.299 e. The summed E-state index contributed by atoms with van der Waals surface area (Å²) in [5.74, 6) is 2.70. The van der Waals surface area contributed by atoms with Gasteiger partial charge in [0.25, 0.3) is 0 Å². The lowest BCUT2D eigenvalue weighted by atomic mass is 9.47. The van der Waals surface area contributed by atoms with Gasteiger partial charge in [0.1, 0.15) is 5.78 Å². The average Bonchev–Trinajstić information content (AvgIpc) is 2.86. The summed E-state index contributed by atoms with van der Waals surface area (Å²) >= 11 is 7.50. The zero-order valence-corrected chi connectivity index (χ0v) is 16.3. The fourth-order valence-electron chi connectivity index (χ4n) is 6.66. The predicted molar refractivity (Wildman–Crippen MR) is 99.0 cm³/mol. The molecule has 4 aliphatic rings. The van der Waals surface area contributed by atoms with Crippen LogP contribution in [-0.2, 0) is 9.59 Å². The molecule has 0 saturated heterocycles.